The lowest BCUT2D eigenvalue weighted by molar-refractivity contribution is -0.117. The van der Waals surface area contributed by atoms with Gasteiger partial charge in [-0.3, -0.25) is 9.59 Å². The summed E-state index contributed by atoms with van der Waals surface area (Å²) in [6.45, 7) is 3.86. The number of anilines is 1. The summed E-state index contributed by atoms with van der Waals surface area (Å²) < 4.78 is 0.689. The molecular weight excluding hydrogens is 440 g/mol. The van der Waals surface area contributed by atoms with Crippen molar-refractivity contribution in [3.05, 3.63) is 44.7 Å². The summed E-state index contributed by atoms with van der Waals surface area (Å²) in [5.74, 6) is -0.251. The molecule has 2 aliphatic carbocycles. The minimum absolute atomic E-state index is 0.0741. The Kier molecular flexibility index (Phi) is 6.77. The van der Waals surface area contributed by atoms with Crippen LogP contribution in [0.15, 0.2) is 33.8 Å². The monoisotopic (exact) mass is 464 g/mol. The van der Waals surface area contributed by atoms with Crippen molar-refractivity contribution in [2.24, 2.45) is 5.92 Å². The predicted octanol–water partition coefficient (Wildman–Crippen LogP) is 5.93. The highest BCUT2D eigenvalue weighted by Gasteiger charge is 2.27. The van der Waals surface area contributed by atoms with Crippen molar-refractivity contribution in [1.82, 2.24) is 4.98 Å². The molecule has 1 atom stereocenters. The maximum absolute atomic E-state index is 12.9. The SMILES string of the molecule is CC1=CC(=O)C(CCC(=O)c2nc(Cl)cc(N(C)C3CCCC3)c2Br)C(C)=C1. The highest BCUT2D eigenvalue weighted by molar-refractivity contribution is 9.10. The number of carbonyl (C=O) groups excluding carboxylic acids is 2. The van der Waals surface area contributed by atoms with E-state index in [-0.39, 0.29) is 23.9 Å². The van der Waals surface area contributed by atoms with Crippen molar-refractivity contribution in [3.63, 3.8) is 0 Å². The van der Waals surface area contributed by atoms with Crippen LogP contribution in [0.2, 0.25) is 5.15 Å². The first kappa shape index (κ1) is 21.3. The Morgan fingerprint density at radius 1 is 1.29 bits per heavy atom. The lowest BCUT2D eigenvalue weighted by Gasteiger charge is -2.28. The van der Waals surface area contributed by atoms with E-state index in [1.807, 2.05) is 33.0 Å². The number of allylic oxidation sites excluding steroid dienone is 4. The second kappa shape index (κ2) is 8.91. The molecule has 1 fully saturated rings. The molecule has 150 valence electrons. The first-order chi connectivity index (χ1) is 13.3. The number of rotatable bonds is 6. The van der Waals surface area contributed by atoms with E-state index in [0.29, 0.717) is 27.8 Å². The number of nitrogens with zero attached hydrogens (tertiary/aromatic N) is 2. The molecule has 1 aromatic rings. The van der Waals surface area contributed by atoms with E-state index in [2.05, 4.69) is 25.8 Å². The molecule has 0 aliphatic heterocycles. The third-order valence-corrected chi connectivity index (χ3v) is 6.78. The van der Waals surface area contributed by atoms with Gasteiger partial charge in [-0.05, 0) is 60.7 Å². The number of ketones is 2. The summed E-state index contributed by atoms with van der Waals surface area (Å²) in [5.41, 5.74) is 3.23. The summed E-state index contributed by atoms with van der Waals surface area (Å²) in [6, 6.07) is 2.27. The van der Waals surface area contributed by atoms with Gasteiger partial charge in [0.25, 0.3) is 0 Å². The van der Waals surface area contributed by atoms with Gasteiger partial charge in [-0.25, -0.2) is 4.98 Å². The zero-order chi connectivity index (χ0) is 20.4. The van der Waals surface area contributed by atoms with Crippen LogP contribution in [0.4, 0.5) is 5.69 Å². The van der Waals surface area contributed by atoms with Crippen molar-refractivity contribution in [3.8, 4) is 0 Å². The molecule has 0 N–H and O–H groups in total. The Hall–Kier alpha value is -1.46. The summed E-state index contributed by atoms with van der Waals surface area (Å²) in [6.07, 6.45) is 9.16. The minimum atomic E-state index is -0.230. The quantitative estimate of drug-likeness (QED) is 0.386. The maximum atomic E-state index is 12.9. The second-order valence-electron chi connectivity index (χ2n) is 7.87. The number of halogens is 2. The third kappa shape index (κ3) is 4.57. The van der Waals surface area contributed by atoms with Gasteiger partial charge in [-0.1, -0.05) is 36.1 Å². The molecule has 28 heavy (non-hydrogen) atoms. The van der Waals surface area contributed by atoms with Gasteiger partial charge >= 0.3 is 0 Å². The summed E-state index contributed by atoms with van der Waals surface area (Å²) in [7, 11) is 2.05. The molecule has 0 radical (unpaired) electrons. The van der Waals surface area contributed by atoms with Gasteiger partial charge in [0.2, 0.25) is 0 Å². The number of Topliss-reactive ketones (excluding diaryl/α,β-unsaturated/α-hetero) is 1. The fourth-order valence-electron chi connectivity index (χ4n) is 4.23. The Balaban J connectivity index is 1.76. The van der Waals surface area contributed by atoms with Gasteiger partial charge in [-0.15, -0.1) is 0 Å². The molecule has 3 rings (SSSR count). The maximum Gasteiger partial charge on any atom is 0.182 e. The fourth-order valence-corrected chi connectivity index (χ4v) is 5.12. The van der Waals surface area contributed by atoms with Crippen LogP contribution in [0.3, 0.4) is 0 Å². The van der Waals surface area contributed by atoms with Crippen LogP contribution in [0, 0.1) is 5.92 Å². The molecular formula is C22H26BrClN2O2. The fraction of sp³-hybridized carbons (Fsp3) is 0.500. The number of hydrogen-bond donors (Lipinski definition) is 0. The predicted molar refractivity (Wildman–Crippen MR) is 117 cm³/mol. The Bertz CT molecular complexity index is 856. The summed E-state index contributed by atoms with van der Waals surface area (Å²) in [4.78, 5) is 31.7. The molecule has 1 aromatic heterocycles. The van der Waals surface area contributed by atoms with Crippen LogP contribution in [0.5, 0.6) is 0 Å². The van der Waals surface area contributed by atoms with Crippen LogP contribution < -0.4 is 4.90 Å². The van der Waals surface area contributed by atoms with Crippen molar-refractivity contribution in [1.29, 1.82) is 0 Å². The largest absolute Gasteiger partial charge is 0.371 e. The van der Waals surface area contributed by atoms with Gasteiger partial charge in [-0.2, -0.15) is 0 Å². The Labute approximate surface area is 180 Å². The Morgan fingerprint density at radius 2 is 1.96 bits per heavy atom. The topological polar surface area (TPSA) is 50.3 Å². The van der Waals surface area contributed by atoms with E-state index in [9.17, 15) is 9.59 Å². The zero-order valence-corrected chi connectivity index (χ0v) is 18.9. The van der Waals surface area contributed by atoms with Gasteiger partial charge in [0.05, 0.1) is 10.2 Å². The Morgan fingerprint density at radius 3 is 2.61 bits per heavy atom. The van der Waals surface area contributed by atoms with Crippen LogP contribution >= 0.6 is 27.5 Å². The van der Waals surface area contributed by atoms with Gasteiger partial charge in [0, 0.05) is 31.5 Å². The normalized spacial score (nSPS) is 20.2. The highest BCUT2D eigenvalue weighted by Crippen LogP contribution is 2.36. The summed E-state index contributed by atoms with van der Waals surface area (Å²) >= 11 is 9.84. The van der Waals surface area contributed by atoms with Gasteiger partial charge < -0.3 is 4.90 Å². The molecule has 4 nitrogen and oxygen atoms in total. The first-order valence-electron chi connectivity index (χ1n) is 9.80. The number of pyridine rings is 1. The zero-order valence-electron chi connectivity index (χ0n) is 16.6. The van der Waals surface area contributed by atoms with Crippen molar-refractivity contribution in [2.45, 2.75) is 58.4 Å². The standard InChI is InChI=1S/C22H26BrClN2O2/c1-13-10-14(2)16(19(28)11-13)8-9-18(27)22-21(23)17(12-20(24)25-22)26(3)15-6-4-5-7-15/h10-12,15-16H,4-9H2,1-3H3. The second-order valence-corrected chi connectivity index (χ2v) is 9.05. The van der Waals surface area contributed by atoms with E-state index in [1.54, 1.807) is 6.08 Å². The molecule has 1 unspecified atom stereocenters. The van der Waals surface area contributed by atoms with E-state index in [1.165, 1.54) is 12.8 Å². The van der Waals surface area contributed by atoms with Gasteiger partial charge in [0.15, 0.2) is 11.6 Å². The minimum Gasteiger partial charge on any atom is -0.371 e. The molecule has 6 heteroatoms. The number of carbonyl (C=O) groups is 2. The van der Waals surface area contributed by atoms with Crippen molar-refractivity contribution < 1.29 is 9.59 Å². The average molecular weight is 466 g/mol. The molecule has 2 aliphatic rings. The van der Waals surface area contributed by atoms with Crippen LogP contribution in [0.1, 0.15) is 62.9 Å². The first-order valence-corrected chi connectivity index (χ1v) is 11.0. The van der Waals surface area contributed by atoms with Crippen LogP contribution in [0.25, 0.3) is 0 Å². The average Bonchev–Trinajstić information content (AvgIpc) is 3.16. The smallest absolute Gasteiger partial charge is 0.182 e. The molecule has 1 heterocycles. The van der Waals surface area contributed by atoms with E-state index in [4.69, 9.17) is 11.6 Å². The molecule has 1 saturated carbocycles. The van der Waals surface area contributed by atoms with Crippen molar-refractivity contribution in [2.75, 3.05) is 11.9 Å². The molecule has 0 saturated heterocycles. The van der Waals surface area contributed by atoms with Crippen LogP contribution in [-0.2, 0) is 4.79 Å². The summed E-state index contributed by atoms with van der Waals surface area (Å²) in [5, 5.41) is 0.315. The lowest BCUT2D eigenvalue weighted by Crippen LogP contribution is -2.29. The number of hydrogen-bond acceptors (Lipinski definition) is 4. The van der Waals surface area contributed by atoms with E-state index < -0.39 is 0 Å². The number of aromatic nitrogens is 1. The van der Waals surface area contributed by atoms with E-state index in [0.717, 1.165) is 29.7 Å². The molecule has 0 aromatic carbocycles. The molecule has 0 amide bonds. The van der Waals surface area contributed by atoms with Crippen LogP contribution in [-0.4, -0.2) is 29.6 Å². The third-order valence-electron chi connectivity index (χ3n) is 5.80. The van der Waals surface area contributed by atoms with Gasteiger partial charge in [0.1, 0.15) is 10.8 Å². The molecule has 0 spiro atoms. The van der Waals surface area contributed by atoms with E-state index >= 15 is 0 Å². The highest BCUT2D eigenvalue weighted by atomic mass is 79.9. The lowest BCUT2D eigenvalue weighted by atomic mass is 9.85. The van der Waals surface area contributed by atoms with Crippen molar-refractivity contribution >= 4 is 44.8 Å². The molecule has 0 bridgehead atoms.